The summed E-state index contributed by atoms with van der Waals surface area (Å²) in [5, 5.41) is 4.16. The number of nitrogens with zero attached hydrogens (tertiary/aromatic N) is 3. The molecular weight excluding hydrogens is 210 g/mol. The van der Waals surface area contributed by atoms with Gasteiger partial charge in [-0.25, -0.2) is 4.98 Å². The Morgan fingerprint density at radius 2 is 2.20 bits per heavy atom. The van der Waals surface area contributed by atoms with Gasteiger partial charge in [0.2, 0.25) is 0 Å². The fourth-order valence-corrected chi connectivity index (χ4v) is 2.07. The standard InChI is InChI=1S/C11H20ClN3/c1-4-15-11(13-8-14-15)6-10(7-12)5-9(2)3/h8-10H,4-7H2,1-3H3. The smallest absolute Gasteiger partial charge is 0.138 e. The average molecular weight is 230 g/mol. The van der Waals surface area contributed by atoms with E-state index in [2.05, 4.69) is 30.9 Å². The fourth-order valence-electron chi connectivity index (χ4n) is 1.84. The molecule has 0 aliphatic rings. The third-order valence-electron chi connectivity index (χ3n) is 2.49. The molecule has 1 heterocycles. The quantitative estimate of drug-likeness (QED) is 0.703. The molecule has 4 heteroatoms. The maximum absolute atomic E-state index is 5.97. The van der Waals surface area contributed by atoms with Crippen molar-refractivity contribution >= 4 is 11.6 Å². The third kappa shape index (κ3) is 3.82. The lowest BCUT2D eigenvalue weighted by molar-refractivity contribution is 0.424. The first kappa shape index (κ1) is 12.5. The van der Waals surface area contributed by atoms with Crippen molar-refractivity contribution in [3.63, 3.8) is 0 Å². The second-order valence-corrected chi connectivity index (χ2v) is 4.65. The Morgan fingerprint density at radius 1 is 1.47 bits per heavy atom. The van der Waals surface area contributed by atoms with Crippen LogP contribution in [0, 0.1) is 11.8 Å². The molecular formula is C11H20ClN3. The highest BCUT2D eigenvalue weighted by Gasteiger charge is 2.14. The zero-order valence-corrected chi connectivity index (χ0v) is 10.5. The van der Waals surface area contributed by atoms with Gasteiger partial charge in [0, 0.05) is 18.8 Å². The predicted octanol–water partition coefficient (Wildman–Crippen LogP) is 2.74. The highest BCUT2D eigenvalue weighted by molar-refractivity contribution is 6.18. The fraction of sp³-hybridized carbons (Fsp3) is 0.818. The summed E-state index contributed by atoms with van der Waals surface area (Å²) in [6.07, 6.45) is 3.72. The van der Waals surface area contributed by atoms with E-state index in [0.717, 1.165) is 25.2 Å². The van der Waals surface area contributed by atoms with Gasteiger partial charge in [-0.2, -0.15) is 5.10 Å². The zero-order valence-electron chi connectivity index (χ0n) is 9.78. The molecule has 0 saturated heterocycles. The second-order valence-electron chi connectivity index (χ2n) is 4.35. The second kappa shape index (κ2) is 6.11. The molecule has 1 aromatic heterocycles. The van der Waals surface area contributed by atoms with Crippen LogP contribution < -0.4 is 0 Å². The van der Waals surface area contributed by atoms with Gasteiger partial charge in [0.25, 0.3) is 0 Å². The summed E-state index contributed by atoms with van der Waals surface area (Å²) in [6.45, 7) is 7.41. The summed E-state index contributed by atoms with van der Waals surface area (Å²) < 4.78 is 1.94. The SMILES string of the molecule is CCn1ncnc1CC(CCl)CC(C)C. The molecule has 0 saturated carbocycles. The number of aryl methyl sites for hydroxylation is 1. The van der Waals surface area contributed by atoms with Crippen LogP contribution in [0.1, 0.15) is 33.0 Å². The van der Waals surface area contributed by atoms with E-state index in [4.69, 9.17) is 11.6 Å². The maximum Gasteiger partial charge on any atom is 0.138 e. The monoisotopic (exact) mass is 229 g/mol. The van der Waals surface area contributed by atoms with Crippen LogP contribution in [0.2, 0.25) is 0 Å². The largest absolute Gasteiger partial charge is 0.250 e. The molecule has 3 nitrogen and oxygen atoms in total. The highest BCUT2D eigenvalue weighted by atomic mass is 35.5. The first-order valence-corrected chi connectivity index (χ1v) is 6.13. The number of alkyl halides is 1. The summed E-state index contributed by atoms with van der Waals surface area (Å²) in [5.74, 6) is 2.96. The van der Waals surface area contributed by atoms with E-state index in [1.54, 1.807) is 6.33 Å². The molecule has 0 aliphatic heterocycles. The Morgan fingerprint density at radius 3 is 2.73 bits per heavy atom. The molecule has 0 amide bonds. The molecule has 0 radical (unpaired) electrons. The Kier molecular flexibility index (Phi) is 5.09. The van der Waals surface area contributed by atoms with Gasteiger partial charge < -0.3 is 0 Å². The first-order chi connectivity index (χ1) is 7.17. The van der Waals surface area contributed by atoms with E-state index in [1.807, 2.05) is 4.68 Å². The summed E-state index contributed by atoms with van der Waals surface area (Å²) in [4.78, 5) is 4.28. The average Bonchev–Trinajstić information content (AvgIpc) is 2.63. The van der Waals surface area contributed by atoms with E-state index in [9.17, 15) is 0 Å². The van der Waals surface area contributed by atoms with Crippen molar-refractivity contribution in [2.45, 2.75) is 40.2 Å². The van der Waals surface area contributed by atoms with E-state index in [-0.39, 0.29) is 0 Å². The molecule has 0 fully saturated rings. The van der Waals surface area contributed by atoms with Gasteiger partial charge in [0.1, 0.15) is 12.2 Å². The highest BCUT2D eigenvalue weighted by Crippen LogP contribution is 2.17. The molecule has 0 spiro atoms. The van der Waals surface area contributed by atoms with Gasteiger partial charge in [-0.05, 0) is 25.2 Å². The molecule has 0 N–H and O–H groups in total. The first-order valence-electron chi connectivity index (χ1n) is 5.60. The number of rotatable bonds is 6. The molecule has 86 valence electrons. The van der Waals surface area contributed by atoms with Crippen LogP contribution in [0.5, 0.6) is 0 Å². The number of hydrogen-bond donors (Lipinski definition) is 0. The molecule has 0 aromatic carbocycles. The van der Waals surface area contributed by atoms with Crippen molar-refractivity contribution in [2.24, 2.45) is 11.8 Å². The Balaban J connectivity index is 2.58. The van der Waals surface area contributed by atoms with E-state index < -0.39 is 0 Å². The van der Waals surface area contributed by atoms with Crippen LogP contribution in [0.4, 0.5) is 0 Å². The van der Waals surface area contributed by atoms with Gasteiger partial charge in [0.15, 0.2) is 0 Å². The Labute approximate surface area is 96.8 Å². The maximum atomic E-state index is 5.97. The van der Waals surface area contributed by atoms with Crippen molar-refractivity contribution in [1.29, 1.82) is 0 Å². The topological polar surface area (TPSA) is 30.7 Å². The number of hydrogen-bond acceptors (Lipinski definition) is 2. The van der Waals surface area contributed by atoms with Crippen LogP contribution in [0.15, 0.2) is 6.33 Å². The summed E-state index contributed by atoms with van der Waals surface area (Å²) in [5.41, 5.74) is 0. The molecule has 0 bridgehead atoms. The van der Waals surface area contributed by atoms with E-state index in [1.165, 1.54) is 0 Å². The molecule has 0 aliphatic carbocycles. The lowest BCUT2D eigenvalue weighted by Gasteiger charge is -2.15. The summed E-state index contributed by atoms with van der Waals surface area (Å²) in [6, 6.07) is 0. The van der Waals surface area contributed by atoms with Crippen molar-refractivity contribution in [1.82, 2.24) is 14.8 Å². The minimum Gasteiger partial charge on any atom is -0.250 e. The van der Waals surface area contributed by atoms with Gasteiger partial charge in [-0.15, -0.1) is 11.6 Å². The molecule has 1 aromatic rings. The van der Waals surface area contributed by atoms with Crippen molar-refractivity contribution in [3.05, 3.63) is 12.2 Å². The van der Waals surface area contributed by atoms with Gasteiger partial charge >= 0.3 is 0 Å². The minimum atomic E-state index is 0.515. The van der Waals surface area contributed by atoms with Gasteiger partial charge in [0.05, 0.1) is 0 Å². The molecule has 1 atom stereocenters. The van der Waals surface area contributed by atoms with Crippen molar-refractivity contribution in [2.75, 3.05) is 5.88 Å². The molecule has 1 unspecified atom stereocenters. The molecule has 15 heavy (non-hydrogen) atoms. The minimum absolute atomic E-state index is 0.515. The zero-order chi connectivity index (χ0) is 11.3. The van der Waals surface area contributed by atoms with Gasteiger partial charge in [-0.3, -0.25) is 4.68 Å². The molecule has 1 rings (SSSR count). The van der Waals surface area contributed by atoms with Crippen molar-refractivity contribution < 1.29 is 0 Å². The van der Waals surface area contributed by atoms with Crippen LogP contribution in [-0.4, -0.2) is 20.6 Å². The lowest BCUT2D eigenvalue weighted by atomic mass is 9.95. The summed E-state index contributed by atoms with van der Waals surface area (Å²) in [7, 11) is 0. The number of aromatic nitrogens is 3. The van der Waals surface area contributed by atoms with Crippen molar-refractivity contribution in [3.8, 4) is 0 Å². The normalized spacial score (nSPS) is 13.4. The van der Waals surface area contributed by atoms with Crippen LogP contribution in [-0.2, 0) is 13.0 Å². The van der Waals surface area contributed by atoms with E-state index >= 15 is 0 Å². The Hall–Kier alpha value is -0.570. The third-order valence-corrected chi connectivity index (χ3v) is 2.93. The Bertz CT molecular complexity index is 283. The lowest BCUT2D eigenvalue weighted by Crippen LogP contribution is -2.14. The van der Waals surface area contributed by atoms with Crippen LogP contribution >= 0.6 is 11.6 Å². The summed E-state index contributed by atoms with van der Waals surface area (Å²) >= 11 is 5.97. The van der Waals surface area contributed by atoms with Gasteiger partial charge in [-0.1, -0.05) is 13.8 Å². The number of halogens is 1. The van der Waals surface area contributed by atoms with Crippen LogP contribution in [0.3, 0.4) is 0 Å². The van der Waals surface area contributed by atoms with E-state index in [0.29, 0.717) is 17.7 Å². The predicted molar refractivity (Wildman–Crippen MR) is 63.1 cm³/mol. The van der Waals surface area contributed by atoms with Crippen LogP contribution in [0.25, 0.3) is 0 Å².